The van der Waals surface area contributed by atoms with E-state index in [9.17, 15) is 0 Å². The first-order valence-electron chi connectivity index (χ1n) is 7.56. The van der Waals surface area contributed by atoms with Crippen molar-refractivity contribution in [2.75, 3.05) is 18.0 Å². The van der Waals surface area contributed by atoms with Crippen LogP contribution >= 0.6 is 0 Å². The van der Waals surface area contributed by atoms with Gasteiger partial charge in [0.25, 0.3) is 0 Å². The Bertz CT molecular complexity index is 483. The molecule has 1 heterocycles. The fourth-order valence-electron chi connectivity index (χ4n) is 2.17. The number of aromatic nitrogens is 1. The summed E-state index contributed by atoms with van der Waals surface area (Å²) in [6, 6.07) is 5.11. The second kappa shape index (κ2) is 6.76. The Morgan fingerprint density at radius 3 is 2.75 bits per heavy atom. The normalized spacial score (nSPS) is 14.3. The van der Waals surface area contributed by atoms with Crippen molar-refractivity contribution in [1.82, 2.24) is 10.3 Å². The van der Waals surface area contributed by atoms with Crippen molar-refractivity contribution < 1.29 is 0 Å². The van der Waals surface area contributed by atoms with Gasteiger partial charge in [-0.2, -0.15) is 0 Å². The molecule has 0 unspecified atom stereocenters. The number of anilines is 1. The van der Waals surface area contributed by atoms with Crippen LogP contribution in [0.25, 0.3) is 0 Å². The summed E-state index contributed by atoms with van der Waals surface area (Å²) in [5.41, 5.74) is 2.45. The Labute approximate surface area is 122 Å². The molecule has 0 amide bonds. The molecule has 2 rings (SSSR count). The zero-order chi connectivity index (χ0) is 14.5. The van der Waals surface area contributed by atoms with E-state index >= 15 is 0 Å². The van der Waals surface area contributed by atoms with E-state index in [1.54, 1.807) is 0 Å². The van der Waals surface area contributed by atoms with Crippen LogP contribution in [-0.2, 0) is 6.54 Å². The molecule has 0 bridgehead atoms. The minimum Gasteiger partial charge on any atom is -0.346 e. The standard InChI is InChI=1S/C17H25N3/c1-5-9-20(6-2)17-11-14(12-18-15-7-8-15)10-16(19-17)13(3)4/h1,10-11,13,15,18H,6-9,12H2,2-4H3. The van der Waals surface area contributed by atoms with Crippen LogP contribution in [0.5, 0.6) is 0 Å². The van der Waals surface area contributed by atoms with Gasteiger partial charge >= 0.3 is 0 Å². The lowest BCUT2D eigenvalue weighted by atomic mass is 10.1. The highest BCUT2D eigenvalue weighted by Crippen LogP contribution is 2.22. The number of hydrogen-bond acceptors (Lipinski definition) is 3. The van der Waals surface area contributed by atoms with Crippen LogP contribution in [0.1, 0.15) is 50.8 Å². The number of nitrogens with zero attached hydrogens (tertiary/aromatic N) is 2. The quantitative estimate of drug-likeness (QED) is 0.773. The first kappa shape index (κ1) is 14.9. The van der Waals surface area contributed by atoms with Gasteiger partial charge in [-0.1, -0.05) is 19.8 Å². The molecule has 3 nitrogen and oxygen atoms in total. The SMILES string of the molecule is C#CCN(CC)c1cc(CNC2CC2)cc(C(C)C)n1. The number of nitrogens with one attached hydrogen (secondary N) is 1. The number of terminal acetylenes is 1. The number of rotatable bonds is 7. The molecule has 0 aromatic carbocycles. The van der Waals surface area contributed by atoms with Crippen LogP contribution in [-0.4, -0.2) is 24.1 Å². The first-order valence-corrected chi connectivity index (χ1v) is 7.56. The molecule has 0 atom stereocenters. The zero-order valence-electron chi connectivity index (χ0n) is 12.8. The fourth-order valence-corrected chi connectivity index (χ4v) is 2.17. The molecule has 1 aliphatic carbocycles. The lowest BCUT2D eigenvalue weighted by Crippen LogP contribution is -2.25. The maximum absolute atomic E-state index is 5.45. The molecular formula is C17H25N3. The summed E-state index contributed by atoms with van der Waals surface area (Å²) in [7, 11) is 0. The maximum atomic E-state index is 5.45. The van der Waals surface area contributed by atoms with Gasteiger partial charge in [-0.25, -0.2) is 4.98 Å². The summed E-state index contributed by atoms with van der Waals surface area (Å²) in [6.07, 6.45) is 8.08. The minimum atomic E-state index is 0.430. The molecule has 0 spiro atoms. The van der Waals surface area contributed by atoms with Gasteiger partial charge in [-0.05, 0) is 43.4 Å². The zero-order valence-corrected chi connectivity index (χ0v) is 12.8. The van der Waals surface area contributed by atoms with Crippen molar-refractivity contribution in [3.8, 4) is 12.3 Å². The molecule has 1 N–H and O–H groups in total. The van der Waals surface area contributed by atoms with Gasteiger partial charge in [0, 0.05) is 24.8 Å². The molecule has 0 aliphatic heterocycles. The molecular weight excluding hydrogens is 246 g/mol. The van der Waals surface area contributed by atoms with Crippen LogP contribution in [0.4, 0.5) is 5.82 Å². The van der Waals surface area contributed by atoms with Gasteiger partial charge in [0.05, 0.1) is 6.54 Å². The third-order valence-electron chi connectivity index (χ3n) is 3.64. The van der Waals surface area contributed by atoms with E-state index in [1.807, 2.05) is 0 Å². The van der Waals surface area contributed by atoms with E-state index in [-0.39, 0.29) is 0 Å². The van der Waals surface area contributed by atoms with Gasteiger partial charge < -0.3 is 10.2 Å². The van der Waals surface area contributed by atoms with Gasteiger partial charge in [-0.15, -0.1) is 6.42 Å². The highest BCUT2D eigenvalue weighted by Gasteiger charge is 2.20. The largest absolute Gasteiger partial charge is 0.346 e. The fraction of sp³-hybridized carbons (Fsp3) is 0.588. The average Bonchev–Trinajstić information content (AvgIpc) is 3.26. The van der Waals surface area contributed by atoms with E-state index in [0.29, 0.717) is 12.5 Å². The lowest BCUT2D eigenvalue weighted by molar-refractivity contribution is 0.683. The van der Waals surface area contributed by atoms with Crippen LogP contribution in [0.15, 0.2) is 12.1 Å². The summed E-state index contributed by atoms with van der Waals surface area (Å²) in [6.45, 7) is 8.90. The van der Waals surface area contributed by atoms with Crippen molar-refractivity contribution in [3.63, 3.8) is 0 Å². The maximum Gasteiger partial charge on any atom is 0.129 e. The minimum absolute atomic E-state index is 0.430. The third-order valence-corrected chi connectivity index (χ3v) is 3.64. The van der Waals surface area contributed by atoms with Gasteiger partial charge in [0.2, 0.25) is 0 Å². The summed E-state index contributed by atoms with van der Waals surface area (Å²) < 4.78 is 0. The molecule has 3 heteroatoms. The van der Waals surface area contributed by atoms with Gasteiger partial charge in [-0.3, -0.25) is 0 Å². The second-order valence-corrected chi connectivity index (χ2v) is 5.79. The molecule has 1 fully saturated rings. The molecule has 20 heavy (non-hydrogen) atoms. The molecule has 0 saturated heterocycles. The molecule has 1 aliphatic rings. The third kappa shape index (κ3) is 3.98. The van der Waals surface area contributed by atoms with E-state index in [1.165, 1.54) is 18.4 Å². The van der Waals surface area contributed by atoms with Crippen molar-refractivity contribution >= 4 is 5.82 Å². The van der Waals surface area contributed by atoms with Crippen molar-refractivity contribution in [2.45, 2.75) is 52.1 Å². The van der Waals surface area contributed by atoms with Crippen LogP contribution in [0, 0.1) is 12.3 Å². The Hall–Kier alpha value is -1.53. The van der Waals surface area contributed by atoms with Crippen molar-refractivity contribution in [2.24, 2.45) is 0 Å². The highest BCUT2D eigenvalue weighted by molar-refractivity contribution is 5.44. The highest BCUT2D eigenvalue weighted by atomic mass is 15.2. The molecule has 1 aromatic rings. The Kier molecular flexibility index (Phi) is 5.03. The Balaban J connectivity index is 2.21. The summed E-state index contributed by atoms with van der Waals surface area (Å²) in [5, 5.41) is 3.57. The predicted molar refractivity (Wildman–Crippen MR) is 84.9 cm³/mol. The smallest absolute Gasteiger partial charge is 0.129 e. The van der Waals surface area contributed by atoms with Crippen LogP contribution in [0.2, 0.25) is 0 Å². The van der Waals surface area contributed by atoms with Gasteiger partial charge in [0.1, 0.15) is 5.82 Å². The number of hydrogen-bond donors (Lipinski definition) is 1. The summed E-state index contributed by atoms with van der Waals surface area (Å²) >= 11 is 0. The van der Waals surface area contributed by atoms with Crippen molar-refractivity contribution in [1.29, 1.82) is 0 Å². The molecule has 0 radical (unpaired) electrons. The monoisotopic (exact) mass is 271 g/mol. The second-order valence-electron chi connectivity index (χ2n) is 5.79. The predicted octanol–water partition coefficient (Wildman–Crippen LogP) is 2.92. The van der Waals surface area contributed by atoms with E-state index in [2.05, 4.69) is 49.0 Å². The lowest BCUT2D eigenvalue weighted by Gasteiger charge is -2.21. The van der Waals surface area contributed by atoms with Crippen molar-refractivity contribution in [3.05, 3.63) is 23.4 Å². The Morgan fingerprint density at radius 1 is 1.45 bits per heavy atom. The Morgan fingerprint density at radius 2 is 2.20 bits per heavy atom. The van der Waals surface area contributed by atoms with Crippen LogP contribution < -0.4 is 10.2 Å². The van der Waals surface area contributed by atoms with Gasteiger partial charge in [0.15, 0.2) is 0 Å². The van der Waals surface area contributed by atoms with E-state index < -0.39 is 0 Å². The summed E-state index contributed by atoms with van der Waals surface area (Å²) in [5.74, 6) is 4.15. The van der Waals surface area contributed by atoms with Crippen LogP contribution in [0.3, 0.4) is 0 Å². The van der Waals surface area contributed by atoms with E-state index in [4.69, 9.17) is 11.4 Å². The average molecular weight is 271 g/mol. The topological polar surface area (TPSA) is 28.2 Å². The molecule has 1 saturated carbocycles. The molecule has 108 valence electrons. The first-order chi connectivity index (χ1) is 9.63. The summed E-state index contributed by atoms with van der Waals surface area (Å²) in [4.78, 5) is 6.91. The van der Waals surface area contributed by atoms with E-state index in [0.717, 1.165) is 30.6 Å². The molecule has 1 aromatic heterocycles. The number of pyridine rings is 1.